The Labute approximate surface area is 122 Å². The summed E-state index contributed by atoms with van der Waals surface area (Å²) in [7, 11) is 0. The number of carboxylic acids is 1. The van der Waals surface area contributed by atoms with Crippen molar-refractivity contribution in [3.05, 3.63) is 35.4 Å². The van der Waals surface area contributed by atoms with Gasteiger partial charge in [0.15, 0.2) is 0 Å². The number of ether oxygens (including phenoxy) is 1. The summed E-state index contributed by atoms with van der Waals surface area (Å²) in [5.41, 5.74) is 2.26. The van der Waals surface area contributed by atoms with E-state index in [-0.39, 0.29) is 0 Å². The van der Waals surface area contributed by atoms with Crippen LogP contribution >= 0.6 is 0 Å². The van der Waals surface area contributed by atoms with Gasteiger partial charge in [0.25, 0.3) is 5.91 Å². The molecule has 0 bridgehead atoms. The molecule has 0 aliphatic rings. The molecule has 0 heterocycles. The molecule has 0 atom stereocenters. The van der Waals surface area contributed by atoms with Gasteiger partial charge in [-0.05, 0) is 24.5 Å². The predicted octanol–water partition coefficient (Wildman–Crippen LogP) is 0.465. The first-order valence-corrected chi connectivity index (χ1v) is 6.40. The Morgan fingerprint density at radius 3 is 2.57 bits per heavy atom. The molecule has 0 saturated carbocycles. The van der Waals surface area contributed by atoms with E-state index in [0.29, 0.717) is 13.0 Å². The van der Waals surface area contributed by atoms with E-state index in [0.717, 1.165) is 11.1 Å². The monoisotopic (exact) mass is 294 g/mol. The first-order chi connectivity index (χ1) is 9.99. The van der Waals surface area contributed by atoms with Crippen LogP contribution in [-0.2, 0) is 20.7 Å². The summed E-state index contributed by atoms with van der Waals surface area (Å²) in [4.78, 5) is 32.8. The minimum Gasteiger partial charge on any atom is -0.480 e. The Bertz CT molecular complexity index is 516. The van der Waals surface area contributed by atoms with Crippen LogP contribution in [0.1, 0.15) is 11.1 Å². The highest BCUT2D eigenvalue weighted by Gasteiger charge is 2.08. The van der Waals surface area contributed by atoms with Crippen molar-refractivity contribution in [1.29, 1.82) is 0 Å². The third-order valence-corrected chi connectivity index (χ3v) is 2.65. The molecule has 1 aromatic rings. The Morgan fingerprint density at radius 1 is 1.19 bits per heavy atom. The molecule has 114 valence electrons. The lowest BCUT2D eigenvalue weighted by Gasteiger charge is -2.08. The van der Waals surface area contributed by atoms with Crippen molar-refractivity contribution in [2.24, 2.45) is 0 Å². The normalized spacial score (nSPS) is 9.95. The van der Waals surface area contributed by atoms with Crippen molar-refractivity contribution in [1.82, 2.24) is 10.6 Å². The molecule has 0 aromatic heterocycles. The SMILES string of the molecule is Cc1ccccc1CCNC(=O)NC(=O)COCC(=O)O. The minimum absolute atomic E-state index is 0.389. The fourth-order valence-corrected chi connectivity index (χ4v) is 1.64. The highest BCUT2D eigenvalue weighted by molar-refractivity contribution is 5.94. The topological polar surface area (TPSA) is 105 Å². The number of hydrogen-bond donors (Lipinski definition) is 3. The van der Waals surface area contributed by atoms with Gasteiger partial charge in [-0.1, -0.05) is 24.3 Å². The van der Waals surface area contributed by atoms with Crippen LogP contribution in [0.2, 0.25) is 0 Å². The minimum atomic E-state index is -1.18. The Morgan fingerprint density at radius 2 is 1.90 bits per heavy atom. The lowest BCUT2D eigenvalue weighted by atomic mass is 10.1. The van der Waals surface area contributed by atoms with E-state index in [1.807, 2.05) is 36.5 Å². The van der Waals surface area contributed by atoms with Crippen LogP contribution in [0.4, 0.5) is 4.79 Å². The van der Waals surface area contributed by atoms with E-state index in [1.165, 1.54) is 0 Å². The second-order valence-corrected chi connectivity index (χ2v) is 4.37. The molecule has 1 rings (SSSR count). The van der Waals surface area contributed by atoms with Gasteiger partial charge in [0.05, 0.1) is 0 Å². The third-order valence-electron chi connectivity index (χ3n) is 2.65. The van der Waals surface area contributed by atoms with Gasteiger partial charge in [-0.2, -0.15) is 0 Å². The summed E-state index contributed by atoms with van der Waals surface area (Å²) in [6, 6.07) is 7.19. The number of benzene rings is 1. The highest BCUT2D eigenvalue weighted by Crippen LogP contribution is 2.06. The maximum absolute atomic E-state index is 11.4. The van der Waals surface area contributed by atoms with Crippen molar-refractivity contribution in [3.8, 4) is 0 Å². The molecule has 0 radical (unpaired) electrons. The Kier molecular flexibility index (Phi) is 6.90. The largest absolute Gasteiger partial charge is 0.480 e. The first kappa shape index (κ1) is 16.6. The number of amides is 3. The molecular weight excluding hydrogens is 276 g/mol. The zero-order valence-corrected chi connectivity index (χ0v) is 11.7. The Hall–Kier alpha value is -2.41. The van der Waals surface area contributed by atoms with Crippen LogP contribution in [0, 0.1) is 6.92 Å². The molecule has 3 N–H and O–H groups in total. The summed E-state index contributed by atoms with van der Waals surface area (Å²) in [6.45, 7) is 1.32. The molecular formula is C14H18N2O5. The quantitative estimate of drug-likeness (QED) is 0.678. The van der Waals surface area contributed by atoms with E-state index in [4.69, 9.17) is 5.11 Å². The summed E-state index contributed by atoms with van der Waals surface area (Å²) in [6.07, 6.45) is 0.657. The van der Waals surface area contributed by atoms with Crippen molar-refractivity contribution >= 4 is 17.9 Å². The molecule has 3 amide bonds. The molecule has 0 unspecified atom stereocenters. The average Bonchev–Trinajstić information content (AvgIpc) is 2.40. The standard InChI is InChI=1S/C14H18N2O5/c1-10-4-2-3-5-11(10)6-7-15-14(20)16-12(17)8-21-9-13(18)19/h2-5H,6-9H2,1H3,(H,18,19)(H2,15,16,17,20). The van der Waals surface area contributed by atoms with E-state index < -0.39 is 31.1 Å². The molecule has 0 aliphatic carbocycles. The van der Waals surface area contributed by atoms with E-state index in [9.17, 15) is 14.4 Å². The third kappa shape index (κ3) is 7.07. The van der Waals surface area contributed by atoms with Gasteiger partial charge in [0.1, 0.15) is 13.2 Å². The van der Waals surface area contributed by atoms with Crippen LogP contribution in [0.3, 0.4) is 0 Å². The Balaban J connectivity index is 2.20. The lowest BCUT2D eigenvalue weighted by molar-refractivity contribution is -0.143. The fraction of sp³-hybridized carbons (Fsp3) is 0.357. The molecule has 21 heavy (non-hydrogen) atoms. The summed E-state index contributed by atoms with van der Waals surface area (Å²) < 4.78 is 4.56. The summed E-state index contributed by atoms with van der Waals surface area (Å²) in [5.74, 6) is -1.87. The van der Waals surface area contributed by atoms with Crippen LogP contribution in [-0.4, -0.2) is 42.8 Å². The number of carbonyl (C=O) groups is 3. The highest BCUT2D eigenvalue weighted by atomic mass is 16.5. The number of nitrogens with one attached hydrogen (secondary N) is 2. The van der Waals surface area contributed by atoms with Crippen LogP contribution in [0.25, 0.3) is 0 Å². The number of aryl methyl sites for hydroxylation is 1. The van der Waals surface area contributed by atoms with Crippen LogP contribution in [0.15, 0.2) is 24.3 Å². The van der Waals surface area contributed by atoms with Gasteiger partial charge >= 0.3 is 12.0 Å². The second-order valence-electron chi connectivity index (χ2n) is 4.37. The van der Waals surface area contributed by atoms with Crippen molar-refractivity contribution in [2.45, 2.75) is 13.3 Å². The van der Waals surface area contributed by atoms with Crippen molar-refractivity contribution in [3.63, 3.8) is 0 Å². The molecule has 1 aromatic carbocycles. The molecule has 0 spiro atoms. The van der Waals surface area contributed by atoms with E-state index >= 15 is 0 Å². The van der Waals surface area contributed by atoms with Crippen LogP contribution < -0.4 is 10.6 Å². The fourth-order valence-electron chi connectivity index (χ4n) is 1.64. The van der Waals surface area contributed by atoms with Crippen LogP contribution in [0.5, 0.6) is 0 Å². The summed E-state index contributed by atoms with van der Waals surface area (Å²) >= 11 is 0. The number of carbonyl (C=O) groups excluding carboxylic acids is 2. The maximum Gasteiger partial charge on any atom is 0.329 e. The van der Waals surface area contributed by atoms with Crippen molar-refractivity contribution in [2.75, 3.05) is 19.8 Å². The zero-order chi connectivity index (χ0) is 15.7. The predicted molar refractivity (Wildman–Crippen MR) is 74.9 cm³/mol. The van der Waals surface area contributed by atoms with Gasteiger partial charge in [0.2, 0.25) is 0 Å². The number of hydrogen-bond acceptors (Lipinski definition) is 4. The number of aliphatic carboxylic acids is 1. The number of carboxylic acid groups (broad SMARTS) is 1. The average molecular weight is 294 g/mol. The van der Waals surface area contributed by atoms with E-state index in [2.05, 4.69) is 10.1 Å². The lowest BCUT2D eigenvalue weighted by Crippen LogP contribution is -2.42. The van der Waals surface area contributed by atoms with Gasteiger partial charge in [-0.15, -0.1) is 0 Å². The number of rotatable bonds is 7. The smallest absolute Gasteiger partial charge is 0.329 e. The second kappa shape index (κ2) is 8.70. The molecule has 0 fully saturated rings. The first-order valence-electron chi connectivity index (χ1n) is 6.40. The molecule has 0 saturated heterocycles. The molecule has 7 nitrogen and oxygen atoms in total. The van der Waals surface area contributed by atoms with E-state index in [1.54, 1.807) is 0 Å². The van der Waals surface area contributed by atoms with Gasteiger partial charge in [-0.25, -0.2) is 9.59 Å². The summed E-state index contributed by atoms with van der Waals surface area (Å²) in [5, 5.41) is 12.9. The van der Waals surface area contributed by atoms with Gasteiger partial charge in [0, 0.05) is 6.54 Å². The number of urea groups is 1. The van der Waals surface area contributed by atoms with Crippen molar-refractivity contribution < 1.29 is 24.2 Å². The maximum atomic E-state index is 11.4. The zero-order valence-electron chi connectivity index (χ0n) is 11.7. The number of imide groups is 1. The molecule has 0 aliphatic heterocycles. The van der Waals surface area contributed by atoms with Gasteiger partial charge in [-0.3, -0.25) is 10.1 Å². The van der Waals surface area contributed by atoms with Gasteiger partial charge < -0.3 is 15.2 Å². The molecule has 7 heteroatoms.